The van der Waals surface area contributed by atoms with Crippen molar-refractivity contribution in [2.45, 2.75) is 11.8 Å². The van der Waals surface area contributed by atoms with Crippen LogP contribution in [0, 0.1) is 6.92 Å². The van der Waals surface area contributed by atoms with Crippen molar-refractivity contribution < 1.29 is 4.79 Å². The summed E-state index contributed by atoms with van der Waals surface area (Å²) in [6.45, 7) is 6.11. The fraction of sp³-hybridized carbons (Fsp3) is 0.250. The highest BCUT2D eigenvalue weighted by atomic mass is 79.9. The van der Waals surface area contributed by atoms with E-state index in [1.807, 2.05) is 25.1 Å². The van der Waals surface area contributed by atoms with Crippen molar-refractivity contribution in [3.05, 3.63) is 40.9 Å². The molecule has 1 rings (SSSR count). The van der Waals surface area contributed by atoms with Gasteiger partial charge in [0.2, 0.25) is 5.91 Å². The van der Waals surface area contributed by atoms with Crippen molar-refractivity contribution in [3.8, 4) is 0 Å². The summed E-state index contributed by atoms with van der Waals surface area (Å²) < 4.78 is 1.06. The summed E-state index contributed by atoms with van der Waals surface area (Å²) in [6, 6.07) is 6.05. The van der Waals surface area contributed by atoms with E-state index in [0.29, 0.717) is 12.3 Å². The molecule has 0 unspecified atom stereocenters. The van der Waals surface area contributed by atoms with E-state index in [4.69, 9.17) is 0 Å². The van der Waals surface area contributed by atoms with Crippen LogP contribution in [0.15, 0.2) is 40.2 Å². The van der Waals surface area contributed by atoms with Gasteiger partial charge in [-0.15, -0.1) is 18.3 Å². The first kappa shape index (κ1) is 13.3. The molecule has 0 aliphatic rings. The number of hydrogen-bond donors (Lipinski definition) is 1. The zero-order chi connectivity index (χ0) is 12.0. The van der Waals surface area contributed by atoms with E-state index in [2.05, 4.69) is 27.8 Å². The van der Waals surface area contributed by atoms with Crippen molar-refractivity contribution in [2.24, 2.45) is 0 Å². The Morgan fingerprint density at radius 3 is 3.00 bits per heavy atom. The molecule has 0 heterocycles. The fourth-order valence-corrected chi connectivity index (χ4v) is 2.47. The van der Waals surface area contributed by atoms with Crippen molar-refractivity contribution in [1.82, 2.24) is 5.32 Å². The monoisotopic (exact) mass is 299 g/mol. The molecule has 1 N–H and O–H groups in total. The van der Waals surface area contributed by atoms with Gasteiger partial charge < -0.3 is 5.32 Å². The Bertz CT molecular complexity index is 393. The highest BCUT2D eigenvalue weighted by Crippen LogP contribution is 2.24. The van der Waals surface area contributed by atoms with E-state index in [0.717, 1.165) is 9.37 Å². The lowest BCUT2D eigenvalue weighted by Gasteiger charge is -2.06. The van der Waals surface area contributed by atoms with Crippen LogP contribution in [0.25, 0.3) is 0 Å². The van der Waals surface area contributed by atoms with Crippen molar-refractivity contribution in [2.75, 3.05) is 12.3 Å². The predicted octanol–water partition coefficient (Wildman–Crippen LogP) is 3.15. The van der Waals surface area contributed by atoms with Gasteiger partial charge in [-0.1, -0.05) is 22.0 Å². The molecule has 0 aliphatic heterocycles. The third-order valence-electron chi connectivity index (χ3n) is 1.94. The Morgan fingerprint density at radius 1 is 1.62 bits per heavy atom. The minimum atomic E-state index is 0.0345. The molecule has 1 aromatic carbocycles. The Kier molecular flexibility index (Phi) is 5.63. The maximum absolute atomic E-state index is 11.4. The molecule has 86 valence electrons. The number of aryl methyl sites for hydroxylation is 1. The number of amides is 1. The topological polar surface area (TPSA) is 29.1 Å². The molecule has 1 amide bonds. The van der Waals surface area contributed by atoms with Crippen LogP contribution in [0.5, 0.6) is 0 Å². The summed E-state index contributed by atoms with van der Waals surface area (Å²) in [7, 11) is 0. The molecule has 0 spiro atoms. The molecule has 0 aromatic heterocycles. The normalized spacial score (nSPS) is 9.88. The van der Waals surface area contributed by atoms with Crippen LogP contribution in [0.3, 0.4) is 0 Å². The average molecular weight is 300 g/mol. The van der Waals surface area contributed by atoms with E-state index < -0.39 is 0 Å². The first-order chi connectivity index (χ1) is 7.63. The zero-order valence-electron chi connectivity index (χ0n) is 9.13. The molecule has 2 nitrogen and oxygen atoms in total. The van der Waals surface area contributed by atoms with E-state index in [1.165, 1.54) is 5.56 Å². The quantitative estimate of drug-likeness (QED) is 0.668. The van der Waals surface area contributed by atoms with Gasteiger partial charge in [0.05, 0.1) is 5.75 Å². The second-order valence-electron chi connectivity index (χ2n) is 3.29. The van der Waals surface area contributed by atoms with Gasteiger partial charge >= 0.3 is 0 Å². The number of hydrogen-bond acceptors (Lipinski definition) is 2. The van der Waals surface area contributed by atoms with E-state index in [-0.39, 0.29) is 5.91 Å². The molecule has 0 atom stereocenters. The van der Waals surface area contributed by atoms with Gasteiger partial charge in [-0.25, -0.2) is 0 Å². The first-order valence-corrected chi connectivity index (χ1v) is 6.68. The third kappa shape index (κ3) is 4.41. The van der Waals surface area contributed by atoms with E-state index in [1.54, 1.807) is 17.8 Å². The maximum atomic E-state index is 11.4. The highest BCUT2D eigenvalue weighted by Gasteiger charge is 2.04. The predicted molar refractivity (Wildman–Crippen MR) is 72.8 cm³/mol. The number of carbonyl (C=O) groups is 1. The molecule has 0 bridgehead atoms. The Morgan fingerprint density at radius 2 is 2.38 bits per heavy atom. The summed E-state index contributed by atoms with van der Waals surface area (Å²) in [5, 5.41) is 2.75. The van der Waals surface area contributed by atoms with E-state index in [9.17, 15) is 4.79 Å². The summed E-state index contributed by atoms with van der Waals surface area (Å²) >= 11 is 4.96. The van der Waals surface area contributed by atoms with Crippen molar-refractivity contribution >= 4 is 33.6 Å². The lowest BCUT2D eigenvalue weighted by molar-refractivity contribution is -0.118. The van der Waals surface area contributed by atoms with Crippen LogP contribution in [0.1, 0.15) is 5.56 Å². The molecular weight excluding hydrogens is 286 g/mol. The molecule has 0 aliphatic carbocycles. The second kappa shape index (κ2) is 6.76. The summed E-state index contributed by atoms with van der Waals surface area (Å²) in [5.74, 6) is 0.475. The highest BCUT2D eigenvalue weighted by molar-refractivity contribution is 9.10. The lowest BCUT2D eigenvalue weighted by Crippen LogP contribution is -2.24. The molecule has 0 fully saturated rings. The number of halogens is 1. The minimum absolute atomic E-state index is 0.0345. The average Bonchev–Trinajstić information content (AvgIpc) is 2.25. The van der Waals surface area contributed by atoms with Crippen LogP contribution in [0.4, 0.5) is 0 Å². The first-order valence-electron chi connectivity index (χ1n) is 4.90. The number of carbonyl (C=O) groups excluding carboxylic acids is 1. The fourth-order valence-electron chi connectivity index (χ4n) is 1.16. The smallest absolute Gasteiger partial charge is 0.230 e. The van der Waals surface area contributed by atoms with Crippen LogP contribution in [0.2, 0.25) is 0 Å². The van der Waals surface area contributed by atoms with Gasteiger partial charge in [0, 0.05) is 15.9 Å². The Hall–Kier alpha value is -0.740. The van der Waals surface area contributed by atoms with Crippen LogP contribution < -0.4 is 5.32 Å². The van der Waals surface area contributed by atoms with Gasteiger partial charge in [-0.3, -0.25) is 4.79 Å². The Balaban J connectivity index is 2.48. The number of thioether (sulfide) groups is 1. The number of rotatable bonds is 5. The van der Waals surface area contributed by atoms with Crippen LogP contribution in [-0.4, -0.2) is 18.2 Å². The van der Waals surface area contributed by atoms with E-state index >= 15 is 0 Å². The molecular formula is C12H14BrNOS. The summed E-state index contributed by atoms with van der Waals surface area (Å²) in [4.78, 5) is 12.5. The van der Waals surface area contributed by atoms with Crippen molar-refractivity contribution in [3.63, 3.8) is 0 Å². The van der Waals surface area contributed by atoms with Gasteiger partial charge in [0.1, 0.15) is 0 Å². The molecule has 1 aromatic rings. The van der Waals surface area contributed by atoms with Crippen LogP contribution >= 0.6 is 27.7 Å². The molecule has 16 heavy (non-hydrogen) atoms. The summed E-state index contributed by atoms with van der Waals surface area (Å²) in [5.41, 5.74) is 1.18. The standard InChI is InChI=1S/C12H14BrNOS/c1-3-6-14-12(15)8-16-11-5-4-10(13)7-9(11)2/h3-5,7H,1,6,8H2,2H3,(H,14,15). The Labute approximate surface area is 109 Å². The molecule has 0 radical (unpaired) electrons. The van der Waals surface area contributed by atoms with Gasteiger partial charge in [0.15, 0.2) is 0 Å². The van der Waals surface area contributed by atoms with Crippen LogP contribution in [-0.2, 0) is 4.79 Å². The number of benzene rings is 1. The second-order valence-corrected chi connectivity index (χ2v) is 5.22. The maximum Gasteiger partial charge on any atom is 0.230 e. The largest absolute Gasteiger partial charge is 0.352 e. The SMILES string of the molecule is C=CCNC(=O)CSc1ccc(Br)cc1C. The van der Waals surface area contributed by atoms with Gasteiger partial charge in [0.25, 0.3) is 0 Å². The summed E-state index contributed by atoms with van der Waals surface area (Å²) in [6.07, 6.45) is 1.67. The molecule has 4 heteroatoms. The number of nitrogens with one attached hydrogen (secondary N) is 1. The van der Waals surface area contributed by atoms with Crippen molar-refractivity contribution in [1.29, 1.82) is 0 Å². The molecule has 0 saturated heterocycles. The minimum Gasteiger partial charge on any atom is -0.352 e. The lowest BCUT2D eigenvalue weighted by atomic mass is 10.2. The zero-order valence-corrected chi connectivity index (χ0v) is 11.5. The van der Waals surface area contributed by atoms with Gasteiger partial charge in [-0.2, -0.15) is 0 Å². The van der Waals surface area contributed by atoms with Gasteiger partial charge in [-0.05, 0) is 30.7 Å². The molecule has 0 saturated carbocycles. The third-order valence-corrected chi connectivity index (χ3v) is 3.61.